The summed E-state index contributed by atoms with van der Waals surface area (Å²) in [5.74, 6) is 0. The first-order chi connectivity index (χ1) is 8.93. The second-order valence-corrected chi connectivity index (χ2v) is 3.54. The lowest BCUT2D eigenvalue weighted by atomic mass is 10.7. The molecule has 0 radical (unpaired) electrons. The van der Waals surface area contributed by atoms with E-state index in [9.17, 15) is 0 Å². The monoisotopic (exact) mass is 238 g/mol. The molecule has 0 aliphatic carbocycles. The fourth-order valence-electron chi connectivity index (χ4n) is 1.54. The van der Waals surface area contributed by atoms with Gasteiger partial charge in [0.25, 0.3) is 0 Å². The van der Waals surface area contributed by atoms with Gasteiger partial charge in [-0.05, 0) is 0 Å². The molecule has 6 heteroatoms. The summed E-state index contributed by atoms with van der Waals surface area (Å²) in [6.45, 7) is 0. The highest BCUT2D eigenvalue weighted by atomic mass is 15.0. The molecule has 0 aliphatic heterocycles. The van der Waals surface area contributed by atoms with Gasteiger partial charge in [-0.3, -0.25) is 9.97 Å². The molecule has 0 unspecified atom stereocenters. The van der Waals surface area contributed by atoms with Gasteiger partial charge in [-0.1, -0.05) is 0 Å². The number of rotatable bonds is 0. The molecule has 0 bridgehead atoms. The van der Waals surface area contributed by atoms with Crippen molar-refractivity contribution in [2.24, 2.45) is 0 Å². The van der Waals surface area contributed by atoms with Gasteiger partial charge in [-0.25, -0.2) is 9.97 Å². The minimum absolute atomic E-state index is 0.887. The maximum absolute atomic E-state index is 4.02. The normalized spacial score (nSPS) is 10.2. The van der Waals surface area contributed by atoms with E-state index in [0.717, 1.165) is 11.3 Å². The zero-order chi connectivity index (χ0) is 12.2. The van der Waals surface area contributed by atoms with Gasteiger partial charge >= 0.3 is 0 Å². The summed E-state index contributed by atoms with van der Waals surface area (Å²) >= 11 is 0. The Morgan fingerprint density at radius 2 is 1.06 bits per heavy atom. The van der Waals surface area contributed by atoms with E-state index >= 15 is 0 Å². The van der Waals surface area contributed by atoms with Crippen molar-refractivity contribution in [3.63, 3.8) is 0 Å². The summed E-state index contributed by atoms with van der Waals surface area (Å²) in [6.07, 6.45) is 17.9. The predicted molar refractivity (Wildman–Crippen MR) is 66.0 cm³/mol. The van der Waals surface area contributed by atoms with Crippen LogP contribution in [0.25, 0.3) is 11.3 Å². The molecule has 4 aromatic heterocycles. The third-order valence-corrected chi connectivity index (χ3v) is 2.40. The van der Waals surface area contributed by atoms with Crippen molar-refractivity contribution in [2.75, 3.05) is 0 Å². The van der Waals surface area contributed by atoms with Crippen LogP contribution in [0.1, 0.15) is 0 Å². The van der Waals surface area contributed by atoms with Crippen LogP contribution in [0.2, 0.25) is 0 Å². The van der Waals surface area contributed by atoms with Crippen LogP contribution in [0.3, 0.4) is 0 Å². The van der Waals surface area contributed by atoms with Gasteiger partial charge in [0, 0.05) is 49.6 Å². The Hall–Kier alpha value is -2.76. The number of aromatic nitrogens is 6. The largest absolute Gasteiger partial charge is 0.304 e. The van der Waals surface area contributed by atoms with Crippen molar-refractivity contribution >= 4 is 11.3 Å². The highest BCUT2D eigenvalue weighted by Gasteiger charge is 1.87. The van der Waals surface area contributed by atoms with Crippen molar-refractivity contribution in [2.45, 2.75) is 0 Å². The van der Waals surface area contributed by atoms with Gasteiger partial charge < -0.3 is 8.80 Å². The van der Waals surface area contributed by atoms with Crippen molar-refractivity contribution < 1.29 is 0 Å². The van der Waals surface area contributed by atoms with Crippen molar-refractivity contribution in [1.29, 1.82) is 0 Å². The summed E-state index contributed by atoms with van der Waals surface area (Å²) in [4.78, 5) is 15.8. The molecule has 18 heavy (non-hydrogen) atoms. The third-order valence-electron chi connectivity index (χ3n) is 2.40. The van der Waals surface area contributed by atoms with Gasteiger partial charge in [-0.15, -0.1) is 0 Å². The first-order valence-electron chi connectivity index (χ1n) is 5.39. The molecule has 4 heterocycles. The van der Waals surface area contributed by atoms with Crippen LogP contribution in [0.15, 0.2) is 62.0 Å². The summed E-state index contributed by atoms with van der Waals surface area (Å²) in [5.41, 5.74) is 1.77. The van der Waals surface area contributed by atoms with Crippen LogP contribution in [-0.2, 0) is 0 Å². The summed E-state index contributed by atoms with van der Waals surface area (Å²) < 4.78 is 3.82. The number of fused-ring (bicyclic) bond motifs is 2. The number of imidazole rings is 2. The molecule has 4 rings (SSSR count). The van der Waals surface area contributed by atoms with Crippen LogP contribution >= 0.6 is 0 Å². The molecule has 0 amide bonds. The standard InChI is InChI=1S/2C6H5N3/c2*1-3-9-4-2-8-6(9)5-7-1/h2*1-5H. The SMILES string of the molecule is c1cn2ccnc2cn1.c1cn2ccnc2cn1. The van der Waals surface area contributed by atoms with E-state index < -0.39 is 0 Å². The lowest BCUT2D eigenvalue weighted by Crippen LogP contribution is -1.81. The smallest absolute Gasteiger partial charge is 0.155 e. The second-order valence-electron chi connectivity index (χ2n) is 3.54. The second kappa shape index (κ2) is 4.62. The quantitative estimate of drug-likeness (QED) is 0.465. The fourth-order valence-corrected chi connectivity index (χ4v) is 1.54. The first kappa shape index (κ1) is 10.4. The number of hydrogen-bond donors (Lipinski definition) is 0. The molecule has 0 fully saturated rings. The molecule has 0 saturated carbocycles. The van der Waals surface area contributed by atoms with Crippen molar-refractivity contribution in [3.8, 4) is 0 Å². The van der Waals surface area contributed by atoms with Crippen LogP contribution in [0.4, 0.5) is 0 Å². The number of nitrogens with zero attached hydrogens (tertiary/aromatic N) is 6. The topological polar surface area (TPSA) is 60.4 Å². The molecule has 0 N–H and O–H groups in total. The Morgan fingerprint density at radius 3 is 1.50 bits per heavy atom. The molecule has 0 atom stereocenters. The van der Waals surface area contributed by atoms with Crippen molar-refractivity contribution in [3.05, 3.63) is 62.0 Å². The predicted octanol–water partition coefficient (Wildman–Crippen LogP) is 1.46. The minimum atomic E-state index is 0.887. The molecule has 4 aromatic rings. The lowest BCUT2D eigenvalue weighted by molar-refractivity contribution is 1.13. The highest BCUT2D eigenvalue weighted by molar-refractivity contribution is 5.33. The van der Waals surface area contributed by atoms with Gasteiger partial charge in [-0.2, -0.15) is 0 Å². The first-order valence-corrected chi connectivity index (χ1v) is 5.39. The Labute approximate surface area is 103 Å². The fraction of sp³-hybridized carbons (Fsp3) is 0. The molecule has 0 aliphatic rings. The maximum Gasteiger partial charge on any atom is 0.155 e. The molecule has 88 valence electrons. The van der Waals surface area contributed by atoms with Gasteiger partial charge in [0.2, 0.25) is 0 Å². The molecular formula is C12H10N6. The lowest BCUT2D eigenvalue weighted by Gasteiger charge is -1.86. The van der Waals surface area contributed by atoms with E-state index in [4.69, 9.17) is 0 Å². The van der Waals surface area contributed by atoms with E-state index in [2.05, 4.69) is 19.9 Å². The Balaban J connectivity index is 0.000000111. The zero-order valence-electron chi connectivity index (χ0n) is 9.46. The maximum atomic E-state index is 4.02. The van der Waals surface area contributed by atoms with E-state index in [1.807, 2.05) is 33.6 Å². The van der Waals surface area contributed by atoms with E-state index in [1.54, 1.807) is 37.2 Å². The van der Waals surface area contributed by atoms with E-state index in [-0.39, 0.29) is 0 Å². The van der Waals surface area contributed by atoms with E-state index in [0.29, 0.717) is 0 Å². The van der Waals surface area contributed by atoms with Crippen molar-refractivity contribution in [1.82, 2.24) is 28.7 Å². The van der Waals surface area contributed by atoms with Gasteiger partial charge in [0.05, 0.1) is 12.4 Å². The Bertz CT molecular complexity index is 631. The average Bonchev–Trinajstić information content (AvgIpc) is 3.08. The van der Waals surface area contributed by atoms with Crippen LogP contribution < -0.4 is 0 Å². The number of hydrogen-bond acceptors (Lipinski definition) is 4. The molecule has 6 nitrogen and oxygen atoms in total. The Kier molecular flexibility index (Phi) is 2.67. The van der Waals surface area contributed by atoms with Gasteiger partial charge in [0.15, 0.2) is 11.3 Å². The third kappa shape index (κ3) is 2.03. The van der Waals surface area contributed by atoms with Gasteiger partial charge in [0.1, 0.15) is 0 Å². The molecule has 0 spiro atoms. The Morgan fingerprint density at radius 1 is 0.611 bits per heavy atom. The molecule has 0 saturated heterocycles. The highest BCUT2D eigenvalue weighted by Crippen LogP contribution is 1.94. The average molecular weight is 238 g/mol. The summed E-state index contributed by atoms with van der Waals surface area (Å²) in [5, 5.41) is 0. The molecule has 0 aromatic carbocycles. The molecular weight excluding hydrogens is 228 g/mol. The minimum Gasteiger partial charge on any atom is -0.304 e. The van der Waals surface area contributed by atoms with Crippen LogP contribution in [0.5, 0.6) is 0 Å². The summed E-state index contributed by atoms with van der Waals surface area (Å²) in [6, 6.07) is 0. The zero-order valence-corrected chi connectivity index (χ0v) is 9.46. The van der Waals surface area contributed by atoms with Crippen LogP contribution in [0, 0.1) is 0 Å². The van der Waals surface area contributed by atoms with E-state index in [1.165, 1.54) is 0 Å². The van der Waals surface area contributed by atoms with Crippen LogP contribution in [-0.4, -0.2) is 28.7 Å². The summed E-state index contributed by atoms with van der Waals surface area (Å²) in [7, 11) is 0.